The molecule has 4 heteroatoms. The van der Waals surface area contributed by atoms with Gasteiger partial charge >= 0.3 is 0 Å². The highest BCUT2D eigenvalue weighted by Gasteiger charge is 2.23. The van der Waals surface area contributed by atoms with E-state index >= 15 is 0 Å². The van der Waals surface area contributed by atoms with Crippen LogP contribution in [0.15, 0.2) is 43.0 Å². The molecule has 1 saturated heterocycles. The molecule has 4 nitrogen and oxygen atoms in total. The molecule has 2 aromatic rings. The van der Waals surface area contributed by atoms with Gasteiger partial charge in [-0.05, 0) is 31.0 Å². The van der Waals surface area contributed by atoms with Gasteiger partial charge in [-0.1, -0.05) is 12.1 Å². The van der Waals surface area contributed by atoms with E-state index in [1.165, 1.54) is 5.56 Å². The van der Waals surface area contributed by atoms with Crippen LogP contribution in [-0.4, -0.2) is 28.3 Å². The van der Waals surface area contributed by atoms with Crippen molar-refractivity contribution in [3.8, 4) is 5.69 Å². The van der Waals surface area contributed by atoms with E-state index in [0.29, 0.717) is 12.1 Å². The largest absolute Gasteiger partial charge is 0.377 e. The molecule has 0 aliphatic carbocycles. The molecule has 2 unspecified atom stereocenters. The van der Waals surface area contributed by atoms with Crippen LogP contribution in [0.25, 0.3) is 5.69 Å². The summed E-state index contributed by atoms with van der Waals surface area (Å²) in [6.07, 6.45) is 6.98. The van der Waals surface area contributed by atoms with Crippen molar-refractivity contribution in [3.05, 3.63) is 48.5 Å². The van der Waals surface area contributed by atoms with Crippen LogP contribution in [-0.2, 0) is 11.3 Å². The second kappa shape index (κ2) is 5.55. The molecule has 0 bridgehead atoms. The van der Waals surface area contributed by atoms with Gasteiger partial charge in [0, 0.05) is 37.3 Å². The van der Waals surface area contributed by atoms with Crippen molar-refractivity contribution in [1.82, 2.24) is 14.9 Å². The molecule has 1 aliphatic heterocycles. The lowest BCUT2D eigenvalue weighted by Gasteiger charge is -2.16. The SMILES string of the molecule is CC1OCCC1NCc1ccc(-n2ccnc2)cc1. The van der Waals surface area contributed by atoms with E-state index in [1.54, 1.807) is 6.20 Å². The maximum absolute atomic E-state index is 5.55. The summed E-state index contributed by atoms with van der Waals surface area (Å²) in [4.78, 5) is 4.05. The molecule has 2 atom stereocenters. The van der Waals surface area contributed by atoms with Crippen LogP contribution >= 0.6 is 0 Å². The summed E-state index contributed by atoms with van der Waals surface area (Å²) in [6.45, 7) is 3.90. The van der Waals surface area contributed by atoms with Gasteiger partial charge in [-0.2, -0.15) is 0 Å². The number of benzene rings is 1. The normalized spacial score (nSPS) is 22.8. The highest BCUT2D eigenvalue weighted by Crippen LogP contribution is 2.14. The van der Waals surface area contributed by atoms with Gasteiger partial charge in [0.15, 0.2) is 0 Å². The standard InChI is InChI=1S/C15H19N3O/c1-12-15(6-9-19-12)17-10-13-2-4-14(5-3-13)18-8-7-16-11-18/h2-5,7-8,11-12,15,17H,6,9-10H2,1H3. The number of ether oxygens (including phenoxy) is 1. The van der Waals surface area contributed by atoms with E-state index in [9.17, 15) is 0 Å². The zero-order valence-electron chi connectivity index (χ0n) is 11.1. The molecule has 0 spiro atoms. The molecule has 2 heterocycles. The van der Waals surface area contributed by atoms with E-state index in [0.717, 1.165) is 25.3 Å². The Labute approximate surface area is 113 Å². The van der Waals surface area contributed by atoms with Crippen LogP contribution in [0, 0.1) is 0 Å². The predicted molar refractivity (Wildman–Crippen MR) is 74.2 cm³/mol. The number of hydrogen-bond donors (Lipinski definition) is 1. The van der Waals surface area contributed by atoms with Crippen molar-refractivity contribution in [2.45, 2.75) is 32.0 Å². The first-order valence-electron chi connectivity index (χ1n) is 6.75. The summed E-state index contributed by atoms with van der Waals surface area (Å²) in [5.41, 5.74) is 2.43. The van der Waals surface area contributed by atoms with Gasteiger partial charge < -0.3 is 14.6 Å². The first-order chi connectivity index (χ1) is 9.33. The number of aromatic nitrogens is 2. The van der Waals surface area contributed by atoms with Crippen molar-refractivity contribution in [1.29, 1.82) is 0 Å². The molecule has 1 N–H and O–H groups in total. The molecule has 1 aliphatic rings. The topological polar surface area (TPSA) is 39.1 Å². The fourth-order valence-electron chi connectivity index (χ4n) is 2.45. The fourth-order valence-corrected chi connectivity index (χ4v) is 2.45. The monoisotopic (exact) mass is 257 g/mol. The Kier molecular flexibility index (Phi) is 3.62. The summed E-state index contributed by atoms with van der Waals surface area (Å²) < 4.78 is 7.55. The number of hydrogen-bond acceptors (Lipinski definition) is 3. The van der Waals surface area contributed by atoms with Crippen LogP contribution < -0.4 is 5.32 Å². The average molecular weight is 257 g/mol. The minimum Gasteiger partial charge on any atom is -0.377 e. The number of imidazole rings is 1. The molecule has 1 aromatic heterocycles. The molecule has 1 fully saturated rings. The summed E-state index contributed by atoms with van der Waals surface area (Å²) in [5.74, 6) is 0. The van der Waals surface area contributed by atoms with Gasteiger partial charge in [0.05, 0.1) is 12.4 Å². The summed E-state index contributed by atoms with van der Waals surface area (Å²) >= 11 is 0. The Morgan fingerprint density at radius 3 is 2.84 bits per heavy atom. The van der Waals surface area contributed by atoms with Crippen molar-refractivity contribution in [2.24, 2.45) is 0 Å². The average Bonchev–Trinajstić information content (AvgIpc) is 3.09. The van der Waals surface area contributed by atoms with Gasteiger partial charge in [0.25, 0.3) is 0 Å². The fraction of sp³-hybridized carbons (Fsp3) is 0.400. The smallest absolute Gasteiger partial charge is 0.0991 e. The van der Waals surface area contributed by atoms with Gasteiger partial charge in [-0.25, -0.2) is 4.98 Å². The molecule has 0 saturated carbocycles. The lowest BCUT2D eigenvalue weighted by Crippen LogP contribution is -2.34. The van der Waals surface area contributed by atoms with Crippen LogP contribution in [0.2, 0.25) is 0 Å². The summed E-state index contributed by atoms with van der Waals surface area (Å²) in [6, 6.07) is 9.03. The third-order valence-corrected chi connectivity index (χ3v) is 3.68. The minimum atomic E-state index is 0.324. The van der Waals surface area contributed by atoms with Crippen molar-refractivity contribution in [2.75, 3.05) is 6.61 Å². The summed E-state index contributed by atoms with van der Waals surface area (Å²) in [5, 5.41) is 3.56. The van der Waals surface area contributed by atoms with Gasteiger partial charge in [0.2, 0.25) is 0 Å². The molecule has 1 aromatic carbocycles. The molecular formula is C15H19N3O. The molecular weight excluding hydrogens is 238 g/mol. The minimum absolute atomic E-state index is 0.324. The van der Waals surface area contributed by atoms with E-state index in [4.69, 9.17) is 4.74 Å². The molecule has 100 valence electrons. The van der Waals surface area contributed by atoms with Crippen LogP contribution in [0.5, 0.6) is 0 Å². The molecule has 19 heavy (non-hydrogen) atoms. The second-order valence-corrected chi connectivity index (χ2v) is 4.99. The highest BCUT2D eigenvalue weighted by molar-refractivity contribution is 5.34. The van der Waals surface area contributed by atoms with Gasteiger partial charge in [-0.3, -0.25) is 0 Å². The maximum Gasteiger partial charge on any atom is 0.0991 e. The first kappa shape index (κ1) is 12.4. The Morgan fingerprint density at radius 1 is 1.37 bits per heavy atom. The third kappa shape index (κ3) is 2.85. The number of nitrogens with one attached hydrogen (secondary N) is 1. The van der Waals surface area contributed by atoms with Crippen LogP contribution in [0.1, 0.15) is 18.9 Å². The Hall–Kier alpha value is -1.65. The lowest BCUT2D eigenvalue weighted by molar-refractivity contribution is 0.113. The number of nitrogens with zero attached hydrogens (tertiary/aromatic N) is 2. The van der Waals surface area contributed by atoms with E-state index < -0.39 is 0 Å². The molecule has 0 radical (unpaired) electrons. The van der Waals surface area contributed by atoms with Crippen LogP contribution in [0.3, 0.4) is 0 Å². The zero-order chi connectivity index (χ0) is 13.1. The first-order valence-corrected chi connectivity index (χ1v) is 6.75. The van der Waals surface area contributed by atoms with Gasteiger partial charge in [-0.15, -0.1) is 0 Å². The Bertz CT molecular complexity index is 507. The molecule has 0 amide bonds. The quantitative estimate of drug-likeness (QED) is 0.912. The summed E-state index contributed by atoms with van der Waals surface area (Å²) in [7, 11) is 0. The van der Waals surface area contributed by atoms with Crippen molar-refractivity contribution < 1.29 is 4.74 Å². The number of rotatable bonds is 4. The van der Waals surface area contributed by atoms with Crippen molar-refractivity contribution in [3.63, 3.8) is 0 Å². The van der Waals surface area contributed by atoms with E-state index in [-0.39, 0.29) is 0 Å². The second-order valence-electron chi connectivity index (χ2n) is 4.99. The van der Waals surface area contributed by atoms with E-state index in [2.05, 4.69) is 41.5 Å². The third-order valence-electron chi connectivity index (χ3n) is 3.68. The highest BCUT2D eigenvalue weighted by atomic mass is 16.5. The van der Waals surface area contributed by atoms with Crippen molar-refractivity contribution >= 4 is 0 Å². The van der Waals surface area contributed by atoms with Crippen LogP contribution in [0.4, 0.5) is 0 Å². The predicted octanol–water partition coefficient (Wildman–Crippen LogP) is 2.14. The Morgan fingerprint density at radius 2 is 2.21 bits per heavy atom. The lowest BCUT2D eigenvalue weighted by atomic mass is 10.1. The van der Waals surface area contributed by atoms with E-state index in [1.807, 2.05) is 17.1 Å². The maximum atomic E-state index is 5.55. The molecule has 3 rings (SSSR count). The zero-order valence-corrected chi connectivity index (χ0v) is 11.1. The van der Waals surface area contributed by atoms with Gasteiger partial charge in [0.1, 0.15) is 0 Å². The Balaban J connectivity index is 1.60.